The van der Waals surface area contributed by atoms with Crippen LogP contribution >= 0.6 is 0 Å². The Labute approximate surface area is 112 Å². The van der Waals surface area contributed by atoms with Crippen LogP contribution in [0.1, 0.15) is 31.7 Å². The topological polar surface area (TPSA) is 72.4 Å². The standard InChI is InChI=1S/C14H20N4O/c1-10-11(9-16-14(2,3)8-12(15)19)18-7-5-4-6-13(18)17-10/h4-7,16H,8-9H2,1-3H3,(H2,15,19). The van der Waals surface area contributed by atoms with Crippen LogP contribution in [-0.4, -0.2) is 20.8 Å². The number of primary amides is 1. The van der Waals surface area contributed by atoms with Gasteiger partial charge in [0, 0.05) is 24.7 Å². The lowest BCUT2D eigenvalue weighted by Gasteiger charge is -2.24. The van der Waals surface area contributed by atoms with Crippen molar-refractivity contribution in [2.45, 2.75) is 39.3 Å². The van der Waals surface area contributed by atoms with Gasteiger partial charge in [-0.2, -0.15) is 0 Å². The molecule has 0 bridgehead atoms. The molecular weight excluding hydrogens is 240 g/mol. The zero-order valence-corrected chi connectivity index (χ0v) is 11.6. The molecule has 0 saturated heterocycles. The van der Waals surface area contributed by atoms with Crippen molar-refractivity contribution >= 4 is 11.6 Å². The molecule has 5 nitrogen and oxygen atoms in total. The molecule has 0 radical (unpaired) electrons. The Morgan fingerprint density at radius 2 is 2.21 bits per heavy atom. The number of aromatic nitrogens is 2. The molecule has 2 aromatic heterocycles. The largest absolute Gasteiger partial charge is 0.370 e. The fraction of sp³-hybridized carbons (Fsp3) is 0.429. The molecule has 0 aliphatic rings. The van der Waals surface area contributed by atoms with Crippen molar-refractivity contribution in [1.82, 2.24) is 14.7 Å². The number of imidazole rings is 1. The number of amides is 1. The summed E-state index contributed by atoms with van der Waals surface area (Å²) in [7, 11) is 0. The van der Waals surface area contributed by atoms with Gasteiger partial charge < -0.3 is 15.5 Å². The van der Waals surface area contributed by atoms with Crippen LogP contribution in [0.15, 0.2) is 24.4 Å². The minimum Gasteiger partial charge on any atom is -0.370 e. The minimum atomic E-state index is -0.322. The van der Waals surface area contributed by atoms with Gasteiger partial charge in [0.1, 0.15) is 5.65 Å². The van der Waals surface area contributed by atoms with E-state index in [-0.39, 0.29) is 11.4 Å². The van der Waals surface area contributed by atoms with Crippen molar-refractivity contribution in [1.29, 1.82) is 0 Å². The molecule has 2 heterocycles. The second-order valence-electron chi connectivity index (χ2n) is 5.45. The number of rotatable bonds is 5. The summed E-state index contributed by atoms with van der Waals surface area (Å²) in [5.41, 5.74) is 7.96. The van der Waals surface area contributed by atoms with Gasteiger partial charge in [-0.25, -0.2) is 4.98 Å². The van der Waals surface area contributed by atoms with Crippen LogP contribution in [0, 0.1) is 6.92 Å². The average molecular weight is 260 g/mol. The highest BCUT2D eigenvalue weighted by atomic mass is 16.1. The summed E-state index contributed by atoms with van der Waals surface area (Å²) in [6, 6.07) is 5.92. The second-order valence-corrected chi connectivity index (χ2v) is 5.45. The van der Waals surface area contributed by atoms with Crippen molar-refractivity contribution in [3.63, 3.8) is 0 Å². The Kier molecular flexibility index (Phi) is 3.57. The SMILES string of the molecule is Cc1nc2ccccn2c1CNC(C)(C)CC(N)=O. The van der Waals surface area contributed by atoms with E-state index in [0.717, 1.165) is 17.0 Å². The normalized spacial score (nSPS) is 11.9. The number of pyridine rings is 1. The number of nitrogens with zero attached hydrogens (tertiary/aromatic N) is 2. The predicted octanol–water partition coefficient (Wildman–Crippen LogP) is 1.39. The Morgan fingerprint density at radius 1 is 1.47 bits per heavy atom. The summed E-state index contributed by atoms with van der Waals surface area (Å²) in [5, 5.41) is 3.36. The first kappa shape index (κ1) is 13.5. The molecular formula is C14H20N4O. The number of nitrogens with two attached hydrogens (primary N) is 1. The first-order chi connectivity index (χ1) is 8.89. The maximum Gasteiger partial charge on any atom is 0.219 e. The monoisotopic (exact) mass is 260 g/mol. The fourth-order valence-electron chi connectivity index (χ4n) is 2.20. The molecule has 2 aromatic rings. The van der Waals surface area contributed by atoms with E-state index in [2.05, 4.69) is 14.7 Å². The highest BCUT2D eigenvalue weighted by Gasteiger charge is 2.20. The first-order valence-electron chi connectivity index (χ1n) is 6.35. The van der Waals surface area contributed by atoms with Gasteiger partial charge in [-0.15, -0.1) is 0 Å². The van der Waals surface area contributed by atoms with Crippen LogP contribution in [0.4, 0.5) is 0 Å². The van der Waals surface area contributed by atoms with Gasteiger partial charge in [-0.3, -0.25) is 4.79 Å². The van der Waals surface area contributed by atoms with Crippen molar-refractivity contribution in [2.75, 3.05) is 0 Å². The quantitative estimate of drug-likeness (QED) is 0.853. The van der Waals surface area contributed by atoms with E-state index in [1.807, 2.05) is 45.2 Å². The third kappa shape index (κ3) is 3.12. The molecule has 0 spiro atoms. The Morgan fingerprint density at radius 3 is 2.89 bits per heavy atom. The number of fused-ring (bicyclic) bond motifs is 1. The number of hydrogen-bond acceptors (Lipinski definition) is 3. The summed E-state index contributed by atoms with van der Waals surface area (Å²) in [6.45, 7) is 6.58. The van der Waals surface area contributed by atoms with Crippen LogP contribution in [0.5, 0.6) is 0 Å². The van der Waals surface area contributed by atoms with Crippen LogP contribution in [-0.2, 0) is 11.3 Å². The molecule has 1 amide bonds. The molecule has 0 aromatic carbocycles. The molecule has 3 N–H and O–H groups in total. The number of carbonyl (C=O) groups is 1. The van der Waals surface area contributed by atoms with E-state index >= 15 is 0 Å². The molecule has 19 heavy (non-hydrogen) atoms. The Hall–Kier alpha value is -1.88. The van der Waals surface area contributed by atoms with Crippen molar-refractivity contribution in [3.05, 3.63) is 35.8 Å². The van der Waals surface area contributed by atoms with Crippen molar-refractivity contribution in [2.24, 2.45) is 5.73 Å². The minimum absolute atomic E-state index is 0.299. The van der Waals surface area contributed by atoms with Gasteiger partial charge in [0.2, 0.25) is 5.91 Å². The Bertz CT molecular complexity index is 601. The van der Waals surface area contributed by atoms with Gasteiger partial charge in [0.05, 0.1) is 11.4 Å². The maximum absolute atomic E-state index is 11.0. The van der Waals surface area contributed by atoms with Crippen LogP contribution in [0.25, 0.3) is 5.65 Å². The Balaban J connectivity index is 2.18. The van der Waals surface area contributed by atoms with E-state index in [0.29, 0.717) is 13.0 Å². The van der Waals surface area contributed by atoms with Crippen molar-refractivity contribution in [3.8, 4) is 0 Å². The summed E-state index contributed by atoms with van der Waals surface area (Å²) in [6.07, 6.45) is 2.30. The van der Waals surface area contributed by atoms with Gasteiger partial charge >= 0.3 is 0 Å². The number of hydrogen-bond donors (Lipinski definition) is 2. The van der Waals surface area contributed by atoms with E-state index in [4.69, 9.17) is 5.73 Å². The lowest BCUT2D eigenvalue weighted by atomic mass is 10.0. The highest BCUT2D eigenvalue weighted by molar-refractivity contribution is 5.75. The highest BCUT2D eigenvalue weighted by Crippen LogP contribution is 2.14. The summed E-state index contributed by atoms with van der Waals surface area (Å²) in [5.74, 6) is -0.299. The molecule has 0 fully saturated rings. The van der Waals surface area contributed by atoms with Gasteiger partial charge in [-0.05, 0) is 32.9 Å². The third-order valence-corrected chi connectivity index (χ3v) is 3.18. The molecule has 2 rings (SSSR count). The van der Waals surface area contributed by atoms with Crippen molar-refractivity contribution < 1.29 is 4.79 Å². The molecule has 0 aliphatic heterocycles. The molecule has 5 heteroatoms. The number of nitrogens with one attached hydrogen (secondary N) is 1. The maximum atomic E-state index is 11.0. The lowest BCUT2D eigenvalue weighted by Crippen LogP contribution is -2.42. The second kappa shape index (κ2) is 5.01. The van der Waals surface area contributed by atoms with Gasteiger partial charge in [0.15, 0.2) is 0 Å². The van der Waals surface area contributed by atoms with E-state index in [9.17, 15) is 4.79 Å². The zero-order valence-electron chi connectivity index (χ0n) is 11.6. The smallest absolute Gasteiger partial charge is 0.219 e. The van der Waals surface area contributed by atoms with E-state index < -0.39 is 0 Å². The average Bonchev–Trinajstić information content (AvgIpc) is 2.60. The number of carbonyl (C=O) groups excluding carboxylic acids is 1. The summed E-state index contributed by atoms with van der Waals surface area (Å²) in [4.78, 5) is 15.5. The zero-order chi connectivity index (χ0) is 14.0. The molecule has 0 atom stereocenters. The van der Waals surface area contributed by atoms with Gasteiger partial charge in [-0.1, -0.05) is 6.07 Å². The van der Waals surface area contributed by atoms with E-state index in [1.54, 1.807) is 0 Å². The summed E-state index contributed by atoms with van der Waals surface area (Å²) >= 11 is 0. The summed E-state index contributed by atoms with van der Waals surface area (Å²) < 4.78 is 2.06. The molecule has 102 valence electrons. The van der Waals surface area contributed by atoms with Crippen LogP contribution in [0.3, 0.4) is 0 Å². The van der Waals surface area contributed by atoms with E-state index in [1.165, 1.54) is 0 Å². The predicted molar refractivity (Wildman–Crippen MR) is 74.7 cm³/mol. The number of aryl methyl sites for hydroxylation is 1. The molecule has 0 saturated carbocycles. The van der Waals surface area contributed by atoms with Gasteiger partial charge in [0.25, 0.3) is 0 Å². The fourth-order valence-corrected chi connectivity index (χ4v) is 2.20. The van der Waals surface area contributed by atoms with Crippen LogP contribution < -0.4 is 11.1 Å². The molecule has 0 aliphatic carbocycles. The van der Waals surface area contributed by atoms with Crippen LogP contribution in [0.2, 0.25) is 0 Å². The third-order valence-electron chi connectivity index (χ3n) is 3.18. The lowest BCUT2D eigenvalue weighted by molar-refractivity contribution is -0.119. The molecule has 0 unspecified atom stereocenters. The first-order valence-corrected chi connectivity index (χ1v) is 6.35.